The maximum Gasteiger partial charge on any atom is 0.0317 e. The molecule has 20 heavy (non-hydrogen) atoms. The first-order chi connectivity index (χ1) is 9.54. The Kier molecular flexibility index (Phi) is 8.43. The van der Waals surface area contributed by atoms with Gasteiger partial charge in [0.05, 0.1) is 0 Å². The molecule has 0 saturated heterocycles. The third kappa shape index (κ3) is 6.38. The smallest absolute Gasteiger partial charge is 0.0317 e. The molecule has 2 nitrogen and oxygen atoms in total. The molecule has 1 unspecified atom stereocenters. The van der Waals surface area contributed by atoms with Crippen molar-refractivity contribution in [3.8, 4) is 0 Å². The van der Waals surface area contributed by atoms with E-state index in [0.717, 1.165) is 17.4 Å². The standard InChI is InChI=1S/C17H29BrN2/c1-5-17(15-8-10-16(18)11-9-15)19-12-6-7-13-20(4)14(2)3/h8-11,14,17,19H,5-7,12-13H2,1-4H3. The summed E-state index contributed by atoms with van der Waals surface area (Å²) in [5.41, 5.74) is 1.38. The van der Waals surface area contributed by atoms with E-state index in [1.807, 2.05) is 0 Å². The van der Waals surface area contributed by atoms with E-state index in [-0.39, 0.29) is 0 Å². The number of nitrogens with one attached hydrogen (secondary N) is 1. The lowest BCUT2D eigenvalue weighted by atomic mass is 10.0. The maximum atomic E-state index is 3.67. The van der Waals surface area contributed by atoms with Gasteiger partial charge in [0.1, 0.15) is 0 Å². The number of nitrogens with zero attached hydrogens (tertiary/aromatic N) is 1. The molecule has 1 N–H and O–H groups in total. The molecule has 1 aromatic carbocycles. The molecule has 0 spiro atoms. The van der Waals surface area contributed by atoms with E-state index in [4.69, 9.17) is 0 Å². The lowest BCUT2D eigenvalue weighted by molar-refractivity contribution is 0.267. The summed E-state index contributed by atoms with van der Waals surface area (Å²) in [5, 5.41) is 3.67. The first-order valence-corrected chi connectivity index (χ1v) is 8.53. The van der Waals surface area contributed by atoms with Crippen molar-refractivity contribution in [2.24, 2.45) is 0 Å². The maximum absolute atomic E-state index is 3.67. The van der Waals surface area contributed by atoms with Crippen molar-refractivity contribution < 1.29 is 0 Å². The number of rotatable bonds is 9. The van der Waals surface area contributed by atoms with Crippen molar-refractivity contribution in [1.82, 2.24) is 10.2 Å². The molecule has 0 aliphatic heterocycles. The molecule has 0 aliphatic rings. The van der Waals surface area contributed by atoms with Gasteiger partial charge in [0, 0.05) is 16.6 Å². The van der Waals surface area contributed by atoms with Crippen LogP contribution in [0.5, 0.6) is 0 Å². The molecule has 3 heteroatoms. The fourth-order valence-electron chi connectivity index (χ4n) is 2.21. The molecule has 0 bridgehead atoms. The van der Waals surface area contributed by atoms with Crippen LogP contribution in [0, 0.1) is 0 Å². The van der Waals surface area contributed by atoms with Crippen LogP contribution in [0.3, 0.4) is 0 Å². The zero-order valence-corrected chi connectivity index (χ0v) is 14.9. The van der Waals surface area contributed by atoms with Gasteiger partial charge in [-0.1, -0.05) is 35.0 Å². The van der Waals surface area contributed by atoms with E-state index in [0.29, 0.717) is 12.1 Å². The van der Waals surface area contributed by atoms with Gasteiger partial charge in [-0.3, -0.25) is 0 Å². The summed E-state index contributed by atoms with van der Waals surface area (Å²) in [7, 11) is 2.20. The van der Waals surface area contributed by atoms with Crippen LogP contribution in [0.2, 0.25) is 0 Å². The highest BCUT2D eigenvalue weighted by molar-refractivity contribution is 9.10. The van der Waals surface area contributed by atoms with Crippen LogP contribution < -0.4 is 5.32 Å². The molecule has 0 saturated carbocycles. The molecule has 1 aromatic rings. The first kappa shape index (κ1) is 17.7. The SMILES string of the molecule is CCC(NCCCCN(C)C(C)C)c1ccc(Br)cc1. The van der Waals surface area contributed by atoms with E-state index in [1.165, 1.54) is 24.9 Å². The quantitative estimate of drug-likeness (QED) is 0.660. The highest BCUT2D eigenvalue weighted by Gasteiger charge is 2.08. The Bertz CT molecular complexity index is 362. The van der Waals surface area contributed by atoms with Crippen molar-refractivity contribution >= 4 is 15.9 Å². The minimum atomic E-state index is 0.478. The summed E-state index contributed by atoms with van der Waals surface area (Å²) in [6.45, 7) is 9.03. The van der Waals surface area contributed by atoms with E-state index in [2.05, 4.69) is 78.2 Å². The van der Waals surface area contributed by atoms with Gasteiger partial charge < -0.3 is 10.2 Å². The van der Waals surface area contributed by atoms with Crippen LogP contribution in [-0.4, -0.2) is 31.1 Å². The van der Waals surface area contributed by atoms with Gasteiger partial charge in [-0.25, -0.2) is 0 Å². The van der Waals surface area contributed by atoms with Crippen LogP contribution in [0.25, 0.3) is 0 Å². The van der Waals surface area contributed by atoms with E-state index >= 15 is 0 Å². The number of halogens is 1. The summed E-state index contributed by atoms with van der Waals surface area (Å²) in [6.07, 6.45) is 3.63. The molecule has 1 atom stereocenters. The predicted molar refractivity (Wildman–Crippen MR) is 92.2 cm³/mol. The Balaban J connectivity index is 2.27. The Morgan fingerprint density at radius 3 is 2.35 bits per heavy atom. The normalized spacial score (nSPS) is 13.2. The third-order valence-corrected chi connectivity index (χ3v) is 4.42. The fourth-order valence-corrected chi connectivity index (χ4v) is 2.48. The van der Waals surface area contributed by atoms with Crippen molar-refractivity contribution in [2.75, 3.05) is 20.1 Å². The Labute approximate surface area is 133 Å². The van der Waals surface area contributed by atoms with Crippen molar-refractivity contribution in [1.29, 1.82) is 0 Å². The van der Waals surface area contributed by atoms with Gasteiger partial charge in [-0.15, -0.1) is 0 Å². The topological polar surface area (TPSA) is 15.3 Å². The molecule has 0 heterocycles. The van der Waals surface area contributed by atoms with Crippen molar-refractivity contribution in [2.45, 2.75) is 52.1 Å². The van der Waals surface area contributed by atoms with E-state index < -0.39 is 0 Å². The molecule has 114 valence electrons. The molecular weight excluding hydrogens is 312 g/mol. The highest BCUT2D eigenvalue weighted by atomic mass is 79.9. The van der Waals surface area contributed by atoms with Gasteiger partial charge >= 0.3 is 0 Å². The number of benzene rings is 1. The van der Waals surface area contributed by atoms with Crippen LogP contribution in [0.1, 0.15) is 51.6 Å². The lowest BCUT2D eigenvalue weighted by Gasteiger charge is -2.21. The summed E-state index contributed by atoms with van der Waals surface area (Å²) in [4.78, 5) is 2.41. The second-order valence-corrected chi connectivity index (χ2v) is 6.66. The zero-order valence-electron chi connectivity index (χ0n) is 13.3. The monoisotopic (exact) mass is 340 g/mol. The fraction of sp³-hybridized carbons (Fsp3) is 0.647. The van der Waals surface area contributed by atoms with E-state index in [9.17, 15) is 0 Å². The molecule has 0 radical (unpaired) electrons. The highest BCUT2D eigenvalue weighted by Crippen LogP contribution is 2.19. The van der Waals surface area contributed by atoms with E-state index in [1.54, 1.807) is 0 Å². The van der Waals surface area contributed by atoms with Crippen LogP contribution >= 0.6 is 15.9 Å². The van der Waals surface area contributed by atoms with Crippen LogP contribution in [0.15, 0.2) is 28.7 Å². The molecular formula is C17H29BrN2. The van der Waals surface area contributed by atoms with Crippen LogP contribution in [-0.2, 0) is 0 Å². The van der Waals surface area contributed by atoms with Crippen molar-refractivity contribution in [3.63, 3.8) is 0 Å². The number of hydrogen-bond acceptors (Lipinski definition) is 2. The first-order valence-electron chi connectivity index (χ1n) is 7.73. The molecule has 0 aromatic heterocycles. The molecule has 0 amide bonds. The van der Waals surface area contributed by atoms with Gasteiger partial charge in [-0.2, -0.15) is 0 Å². The van der Waals surface area contributed by atoms with Gasteiger partial charge in [0.25, 0.3) is 0 Å². The second-order valence-electron chi connectivity index (χ2n) is 5.75. The molecule has 1 rings (SSSR count). The van der Waals surface area contributed by atoms with Gasteiger partial charge in [0.15, 0.2) is 0 Å². The second kappa shape index (κ2) is 9.54. The zero-order chi connectivity index (χ0) is 15.0. The average molecular weight is 341 g/mol. The minimum Gasteiger partial charge on any atom is -0.310 e. The third-order valence-electron chi connectivity index (χ3n) is 3.89. The summed E-state index contributed by atoms with van der Waals surface area (Å²) in [6, 6.07) is 9.78. The summed E-state index contributed by atoms with van der Waals surface area (Å²) >= 11 is 3.49. The van der Waals surface area contributed by atoms with Gasteiger partial charge in [0.2, 0.25) is 0 Å². The molecule has 0 fully saturated rings. The largest absolute Gasteiger partial charge is 0.310 e. The summed E-state index contributed by atoms with van der Waals surface area (Å²) in [5.74, 6) is 0. The minimum absolute atomic E-state index is 0.478. The van der Waals surface area contributed by atoms with Gasteiger partial charge in [-0.05, 0) is 70.9 Å². The number of hydrogen-bond donors (Lipinski definition) is 1. The Morgan fingerprint density at radius 1 is 1.15 bits per heavy atom. The Morgan fingerprint density at radius 2 is 1.80 bits per heavy atom. The van der Waals surface area contributed by atoms with Crippen LogP contribution in [0.4, 0.5) is 0 Å². The lowest BCUT2D eigenvalue weighted by Crippen LogP contribution is -2.28. The molecule has 0 aliphatic carbocycles. The Hall–Kier alpha value is -0.380. The predicted octanol–water partition coefficient (Wildman–Crippen LogP) is 4.61. The number of unbranched alkanes of at least 4 members (excludes halogenated alkanes) is 1. The average Bonchev–Trinajstić information content (AvgIpc) is 2.43. The summed E-state index contributed by atoms with van der Waals surface area (Å²) < 4.78 is 1.15. The van der Waals surface area contributed by atoms with Crippen molar-refractivity contribution in [3.05, 3.63) is 34.3 Å².